The summed E-state index contributed by atoms with van der Waals surface area (Å²) in [6.45, 7) is 2.32. The summed E-state index contributed by atoms with van der Waals surface area (Å²) in [6.07, 6.45) is 14.3. The molecule has 1 unspecified atom stereocenters. The quantitative estimate of drug-likeness (QED) is 0.844. The highest BCUT2D eigenvalue weighted by Gasteiger charge is 2.17. The molecule has 1 aliphatic rings. The number of fused-ring (bicyclic) bond motifs is 3. The van der Waals surface area contributed by atoms with Crippen LogP contribution in [-0.2, 0) is 12.8 Å². The third-order valence-corrected chi connectivity index (χ3v) is 6.02. The number of anilines is 1. The molecule has 0 amide bonds. The first-order valence-corrected chi connectivity index (χ1v) is 10.2. The summed E-state index contributed by atoms with van der Waals surface area (Å²) < 4.78 is 0. The Morgan fingerprint density at radius 3 is 2.42 bits per heavy atom. The van der Waals surface area contributed by atoms with E-state index in [4.69, 9.17) is 0 Å². The molecular formula is C19H29N3OS. The van der Waals surface area contributed by atoms with E-state index in [9.17, 15) is 5.11 Å². The number of nitrogens with one attached hydrogen (secondary N) is 1. The van der Waals surface area contributed by atoms with Gasteiger partial charge in [0.25, 0.3) is 0 Å². The lowest BCUT2D eigenvalue weighted by molar-refractivity contribution is 0.208. The molecule has 0 saturated heterocycles. The van der Waals surface area contributed by atoms with Crippen LogP contribution in [0, 0.1) is 0 Å². The van der Waals surface area contributed by atoms with Crippen LogP contribution < -0.4 is 5.32 Å². The first-order chi connectivity index (χ1) is 11.8. The third kappa shape index (κ3) is 4.45. The number of hydrogen-bond donors (Lipinski definition) is 2. The molecule has 1 atom stereocenters. The Morgan fingerprint density at radius 2 is 1.71 bits per heavy atom. The molecule has 0 spiro atoms. The standard InChI is InChI=1S/C19H29N3OS/c1-14(23)12-20-18-17-15-10-8-6-4-2-3-5-7-9-11-16(15)24-19(17)22-13-21-18/h13-14,23H,2-12H2,1H3,(H,20,21,22). The normalized spacial score (nSPS) is 18.4. The Hall–Kier alpha value is -1.20. The molecule has 0 aromatic carbocycles. The van der Waals surface area contributed by atoms with E-state index >= 15 is 0 Å². The van der Waals surface area contributed by atoms with Crippen LogP contribution in [0.5, 0.6) is 0 Å². The van der Waals surface area contributed by atoms with Crippen molar-refractivity contribution < 1.29 is 5.11 Å². The van der Waals surface area contributed by atoms with Gasteiger partial charge in [0.15, 0.2) is 0 Å². The highest BCUT2D eigenvalue weighted by Crippen LogP contribution is 2.36. The number of rotatable bonds is 3. The number of aromatic nitrogens is 2. The molecule has 2 N–H and O–H groups in total. The van der Waals surface area contributed by atoms with Crippen molar-refractivity contribution in [3.63, 3.8) is 0 Å². The van der Waals surface area contributed by atoms with E-state index < -0.39 is 0 Å². The minimum atomic E-state index is -0.380. The minimum Gasteiger partial charge on any atom is -0.392 e. The van der Waals surface area contributed by atoms with Gasteiger partial charge >= 0.3 is 0 Å². The number of thiophene rings is 1. The maximum Gasteiger partial charge on any atom is 0.138 e. The smallest absolute Gasteiger partial charge is 0.138 e. The summed E-state index contributed by atoms with van der Waals surface area (Å²) in [5.41, 5.74) is 1.46. The van der Waals surface area contributed by atoms with Crippen molar-refractivity contribution in [2.24, 2.45) is 0 Å². The molecule has 1 aliphatic carbocycles. The number of nitrogens with zero attached hydrogens (tertiary/aromatic N) is 2. The van der Waals surface area contributed by atoms with Crippen LogP contribution in [0.2, 0.25) is 0 Å². The molecule has 2 aromatic heterocycles. The highest BCUT2D eigenvalue weighted by molar-refractivity contribution is 7.18. The number of aryl methyl sites for hydroxylation is 2. The Morgan fingerprint density at radius 1 is 1.04 bits per heavy atom. The zero-order valence-electron chi connectivity index (χ0n) is 14.7. The Balaban J connectivity index is 1.91. The summed E-state index contributed by atoms with van der Waals surface area (Å²) in [7, 11) is 0. The van der Waals surface area contributed by atoms with Crippen LogP contribution in [0.15, 0.2) is 6.33 Å². The molecule has 5 heteroatoms. The number of hydrogen-bond acceptors (Lipinski definition) is 5. The third-order valence-electron chi connectivity index (χ3n) is 4.82. The predicted molar refractivity (Wildman–Crippen MR) is 102 cm³/mol. The summed E-state index contributed by atoms with van der Waals surface area (Å²) in [5.74, 6) is 0.894. The maximum absolute atomic E-state index is 9.58. The summed E-state index contributed by atoms with van der Waals surface area (Å²) in [5, 5.41) is 14.1. The first kappa shape index (κ1) is 17.6. The Bertz CT molecular complexity index is 653. The first-order valence-electron chi connectivity index (χ1n) is 9.43. The molecule has 132 valence electrons. The van der Waals surface area contributed by atoms with Gasteiger partial charge in [0.1, 0.15) is 17.0 Å². The van der Waals surface area contributed by atoms with Crippen molar-refractivity contribution in [3.05, 3.63) is 16.8 Å². The lowest BCUT2D eigenvalue weighted by Gasteiger charge is -2.11. The molecule has 0 bridgehead atoms. The maximum atomic E-state index is 9.58. The molecular weight excluding hydrogens is 318 g/mol. The van der Waals surface area contributed by atoms with Gasteiger partial charge in [-0.25, -0.2) is 9.97 Å². The molecule has 0 fully saturated rings. The van der Waals surface area contributed by atoms with Crippen LogP contribution in [0.25, 0.3) is 10.2 Å². The second-order valence-electron chi connectivity index (χ2n) is 6.96. The fraction of sp³-hybridized carbons (Fsp3) is 0.684. The molecule has 2 aromatic rings. The molecule has 0 saturated carbocycles. The molecule has 4 nitrogen and oxygen atoms in total. The van der Waals surface area contributed by atoms with Crippen LogP contribution >= 0.6 is 11.3 Å². The van der Waals surface area contributed by atoms with E-state index in [1.54, 1.807) is 13.3 Å². The second kappa shape index (κ2) is 8.77. The van der Waals surface area contributed by atoms with Gasteiger partial charge in [-0.2, -0.15) is 0 Å². The van der Waals surface area contributed by atoms with Crippen molar-refractivity contribution in [3.8, 4) is 0 Å². The summed E-state index contributed by atoms with van der Waals surface area (Å²) >= 11 is 1.85. The molecule has 24 heavy (non-hydrogen) atoms. The number of aliphatic hydroxyl groups is 1. The van der Waals surface area contributed by atoms with E-state index in [1.165, 1.54) is 73.6 Å². The lowest BCUT2D eigenvalue weighted by atomic mass is 9.98. The second-order valence-corrected chi connectivity index (χ2v) is 8.05. The summed E-state index contributed by atoms with van der Waals surface area (Å²) in [4.78, 5) is 11.6. The fourth-order valence-corrected chi connectivity index (χ4v) is 4.76. The fourth-order valence-electron chi connectivity index (χ4n) is 3.53. The minimum absolute atomic E-state index is 0.380. The van der Waals surface area contributed by atoms with E-state index in [0.717, 1.165) is 17.1 Å². The van der Waals surface area contributed by atoms with E-state index in [-0.39, 0.29) is 6.10 Å². The Kier molecular flexibility index (Phi) is 6.44. The average molecular weight is 348 g/mol. The van der Waals surface area contributed by atoms with Crippen molar-refractivity contribution in [1.82, 2.24) is 9.97 Å². The number of aliphatic hydroxyl groups excluding tert-OH is 1. The highest BCUT2D eigenvalue weighted by atomic mass is 32.1. The molecule has 0 radical (unpaired) electrons. The van der Waals surface area contributed by atoms with E-state index in [0.29, 0.717) is 6.54 Å². The molecule has 0 aliphatic heterocycles. The van der Waals surface area contributed by atoms with Gasteiger partial charge in [0, 0.05) is 11.4 Å². The van der Waals surface area contributed by atoms with E-state index in [1.807, 2.05) is 11.3 Å². The van der Waals surface area contributed by atoms with Crippen molar-refractivity contribution in [1.29, 1.82) is 0 Å². The SMILES string of the molecule is CC(O)CNc1ncnc2sc3c(c12)CCCCCCCCCC3. The van der Waals surface area contributed by atoms with Crippen molar-refractivity contribution in [2.45, 2.75) is 77.2 Å². The largest absolute Gasteiger partial charge is 0.392 e. The molecule has 2 heterocycles. The van der Waals surface area contributed by atoms with Crippen molar-refractivity contribution >= 4 is 27.4 Å². The predicted octanol–water partition coefficient (Wildman–Crippen LogP) is 4.70. The van der Waals surface area contributed by atoms with Crippen LogP contribution in [0.4, 0.5) is 5.82 Å². The van der Waals surface area contributed by atoms with Gasteiger partial charge in [-0.3, -0.25) is 0 Å². The van der Waals surface area contributed by atoms with Crippen LogP contribution in [-0.4, -0.2) is 27.7 Å². The van der Waals surface area contributed by atoms with Crippen LogP contribution in [0.1, 0.15) is 68.7 Å². The zero-order valence-corrected chi connectivity index (χ0v) is 15.5. The van der Waals surface area contributed by atoms with E-state index in [2.05, 4.69) is 15.3 Å². The van der Waals surface area contributed by atoms with Gasteiger partial charge in [0.05, 0.1) is 11.5 Å². The topological polar surface area (TPSA) is 58.0 Å². The monoisotopic (exact) mass is 347 g/mol. The molecule has 3 rings (SSSR count). The van der Waals surface area contributed by atoms with Gasteiger partial charge in [-0.05, 0) is 38.2 Å². The summed E-state index contributed by atoms with van der Waals surface area (Å²) in [6, 6.07) is 0. The average Bonchev–Trinajstić information content (AvgIpc) is 2.91. The van der Waals surface area contributed by atoms with Crippen molar-refractivity contribution in [2.75, 3.05) is 11.9 Å². The van der Waals surface area contributed by atoms with Gasteiger partial charge < -0.3 is 10.4 Å². The lowest BCUT2D eigenvalue weighted by Crippen LogP contribution is -2.16. The van der Waals surface area contributed by atoms with Crippen LogP contribution in [0.3, 0.4) is 0 Å². The van der Waals surface area contributed by atoms with Gasteiger partial charge in [-0.15, -0.1) is 11.3 Å². The zero-order chi connectivity index (χ0) is 16.8. The van der Waals surface area contributed by atoms with Gasteiger partial charge in [0.2, 0.25) is 0 Å². The van der Waals surface area contributed by atoms with Gasteiger partial charge in [-0.1, -0.05) is 38.5 Å². The Labute approximate surface area is 148 Å².